The first-order chi connectivity index (χ1) is 11.6. The molecule has 1 aliphatic heterocycles. The van der Waals surface area contributed by atoms with Crippen molar-refractivity contribution < 1.29 is 18.4 Å². The molecule has 24 heavy (non-hydrogen) atoms. The van der Waals surface area contributed by atoms with E-state index in [0.717, 1.165) is 24.5 Å². The molecule has 128 valence electrons. The number of halogens is 1. The molecule has 2 heterocycles. The van der Waals surface area contributed by atoms with Gasteiger partial charge in [0.25, 0.3) is 5.91 Å². The SMILES string of the molecule is COc1ccc(F)cc1C(=O)N1CCN(Cc2cc(C)no2)CC1. The van der Waals surface area contributed by atoms with E-state index >= 15 is 0 Å². The van der Waals surface area contributed by atoms with Crippen LogP contribution in [0.25, 0.3) is 0 Å². The molecule has 0 unspecified atom stereocenters. The number of hydrogen-bond acceptors (Lipinski definition) is 5. The summed E-state index contributed by atoms with van der Waals surface area (Å²) in [4.78, 5) is 16.6. The lowest BCUT2D eigenvalue weighted by Crippen LogP contribution is -2.48. The average molecular weight is 333 g/mol. The zero-order valence-corrected chi connectivity index (χ0v) is 13.8. The smallest absolute Gasteiger partial charge is 0.257 e. The Kier molecular flexibility index (Phi) is 4.80. The van der Waals surface area contributed by atoms with Gasteiger partial charge in [-0.2, -0.15) is 0 Å². The molecule has 0 spiro atoms. The molecule has 7 heteroatoms. The summed E-state index contributed by atoms with van der Waals surface area (Å²) in [5.41, 5.74) is 1.12. The summed E-state index contributed by atoms with van der Waals surface area (Å²) >= 11 is 0. The van der Waals surface area contributed by atoms with Gasteiger partial charge in [0.1, 0.15) is 11.6 Å². The Morgan fingerprint density at radius 1 is 1.29 bits per heavy atom. The monoisotopic (exact) mass is 333 g/mol. The molecule has 3 rings (SSSR count). The molecular weight excluding hydrogens is 313 g/mol. The maximum absolute atomic E-state index is 13.5. The van der Waals surface area contributed by atoms with Crippen molar-refractivity contribution in [3.05, 3.63) is 47.1 Å². The molecule has 0 saturated carbocycles. The predicted molar refractivity (Wildman–Crippen MR) is 85.4 cm³/mol. The van der Waals surface area contributed by atoms with E-state index in [2.05, 4.69) is 10.1 Å². The van der Waals surface area contributed by atoms with E-state index in [-0.39, 0.29) is 11.5 Å². The number of benzene rings is 1. The standard InChI is InChI=1S/C17H20FN3O3/c1-12-9-14(24-19-12)11-20-5-7-21(8-6-20)17(22)15-10-13(18)3-4-16(15)23-2/h3-4,9-10H,5-8,11H2,1-2H3. The molecule has 1 fully saturated rings. The van der Waals surface area contributed by atoms with Gasteiger partial charge in [-0.3, -0.25) is 9.69 Å². The molecule has 6 nitrogen and oxygen atoms in total. The first-order valence-electron chi connectivity index (χ1n) is 7.84. The van der Waals surface area contributed by atoms with Crippen LogP contribution in [-0.2, 0) is 6.54 Å². The highest BCUT2D eigenvalue weighted by molar-refractivity contribution is 5.97. The van der Waals surface area contributed by atoms with E-state index in [4.69, 9.17) is 9.26 Å². The fourth-order valence-corrected chi connectivity index (χ4v) is 2.84. The Labute approximate surface area is 139 Å². The lowest BCUT2D eigenvalue weighted by atomic mass is 10.1. The number of carbonyl (C=O) groups excluding carboxylic acids is 1. The Hall–Kier alpha value is -2.41. The van der Waals surface area contributed by atoms with Crippen LogP contribution in [0.15, 0.2) is 28.8 Å². The van der Waals surface area contributed by atoms with Crippen LogP contribution in [0.5, 0.6) is 5.75 Å². The third-order valence-electron chi connectivity index (χ3n) is 4.11. The summed E-state index contributed by atoms with van der Waals surface area (Å²) < 4.78 is 23.9. The normalized spacial score (nSPS) is 15.5. The van der Waals surface area contributed by atoms with Crippen molar-refractivity contribution in [1.29, 1.82) is 0 Å². The lowest BCUT2D eigenvalue weighted by Gasteiger charge is -2.34. The maximum Gasteiger partial charge on any atom is 0.257 e. The Morgan fingerprint density at radius 2 is 2.04 bits per heavy atom. The topological polar surface area (TPSA) is 58.8 Å². The molecule has 1 aromatic heterocycles. The summed E-state index contributed by atoms with van der Waals surface area (Å²) in [6.45, 7) is 5.16. The molecular formula is C17H20FN3O3. The van der Waals surface area contributed by atoms with Crippen LogP contribution in [0.3, 0.4) is 0 Å². The first kappa shape index (κ1) is 16.4. The van der Waals surface area contributed by atoms with E-state index in [0.29, 0.717) is 25.4 Å². The van der Waals surface area contributed by atoms with Crippen molar-refractivity contribution in [2.75, 3.05) is 33.3 Å². The van der Waals surface area contributed by atoms with Gasteiger partial charge in [-0.05, 0) is 25.1 Å². The third-order valence-corrected chi connectivity index (χ3v) is 4.11. The Morgan fingerprint density at radius 3 is 2.67 bits per heavy atom. The molecule has 1 saturated heterocycles. The van der Waals surface area contributed by atoms with Crippen LogP contribution in [0.4, 0.5) is 4.39 Å². The number of carbonyl (C=O) groups is 1. The second-order valence-electron chi connectivity index (χ2n) is 5.85. The molecule has 0 N–H and O–H groups in total. The molecule has 0 atom stereocenters. The van der Waals surface area contributed by atoms with Gasteiger partial charge in [0.05, 0.1) is 24.9 Å². The van der Waals surface area contributed by atoms with Crippen LogP contribution in [0, 0.1) is 12.7 Å². The molecule has 1 aromatic carbocycles. The molecule has 0 radical (unpaired) electrons. The van der Waals surface area contributed by atoms with Crippen molar-refractivity contribution in [1.82, 2.24) is 15.0 Å². The van der Waals surface area contributed by atoms with Gasteiger partial charge < -0.3 is 14.2 Å². The van der Waals surface area contributed by atoms with Crippen molar-refractivity contribution in [2.45, 2.75) is 13.5 Å². The number of piperazine rings is 1. The fourth-order valence-electron chi connectivity index (χ4n) is 2.84. The molecule has 2 aromatic rings. The van der Waals surface area contributed by atoms with Crippen molar-refractivity contribution >= 4 is 5.91 Å². The van der Waals surface area contributed by atoms with E-state index < -0.39 is 5.82 Å². The molecule has 1 aliphatic rings. The van der Waals surface area contributed by atoms with Crippen LogP contribution >= 0.6 is 0 Å². The first-order valence-corrected chi connectivity index (χ1v) is 7.84. The van der Waals surface area contributed by atoms with Gasteiger partial charge >= 0.3 is 0 Å². The minimum Gasteiger partial charge on any atom is -0.496 e. The summed E-state index contributed by atoms with van der Waals surface area (Å²) in [7, 11) is 1.47. The van der Waals surface area contributed by atoms with Crippen LogP contribution in [0.1, 0.15) is 21.8 Å². The van der Waals surface area contributed by atoms with Gasteiger partial charge in [-0.1, -0.05) is 5.16 Å². The Balaban J connectivity index is 1.62. The van der Waals surface area contributed by atoms with Gasteiger partial charge in [-0.25, -0.2) is 4.39 Å². The number of rotatable bonds is 4. The Bertz CT molecular complexity index is 724. The van der Waals surface area contributed by atoms with E-state index in [1.54, 1.807) is 4.90 Å². The number of hydrogen-bond donors (Lipinski definition) is 0. The van der Waals surface area contributed by atoms with Gasteiger partial charge in [-0.15, -0.1) is 0 Å². The van der Waals surface area contributed by atoms with Gasteiger partial charge in [0, 0.05) is 32.2 Å². The van der Waals surface area contributed by atoms with Crippen LogP contribution in [-0.4, -0.2) is 54.2 Å². The van der Waals surface area contributed by atoms with E-state index in [9.17, 15) is 9.18 Å². The molecule has 1 amide bonds. The summed E-state index contributed by atoms with van der Waals surface area (Å²) in [6.07, 6.45) is 0. The zero-order valence-electron chi connectivity index (χ0n) is 13.8. The summed E-state index contributed by atoms with van der Waals surface area (Å²) in [5, 5.41) is 3.88. The van der Waals surface area contributed by atoms with Crippen molar-refractivity contribution in [2.24, 2.45) is 0 Å². The van der Waals surface area contributed by atoms with Gasteiger partial charge in [0.15, 0.2) is 5.76 Å². The summed E-state index contributed by atoms with van der Waals surface area (Å²) in [5.74, 6) is 0.556. The number of amides is 1. The summed E-state index contributed by atoms with van der Waals surface area (Å²) in [6, 6.07) is 5.90. The van der Waals surface area contributed by atoms with Crippen LogP contribution < -0.4 is 4.74 Å². The quantitative estimate of drug-likeness (QED) is 0.857. The van der Waals surface area contributed by atoms with Crippen LogP contribution in [0.2, 0.25) is 0 Å². The fraction of sp³-hybridized carbons (Fsp3) is 0.412. The highest BCUT2D eigenvalue weighted by atomic mass is 19.1. The number of methoxy groups -OCH3 is 1. The second kappa shape index (κ2) is 7.00. The minimum atomic E-state index is -0.446. The van der Waals surface area contributed by atoms with Crippen molar-refractivity contribution in [3.8, 4) is 5.75 Å². The van der Waals surface area contributed by atoms with Crippen molar-refractivity contribution in [3.63, 3.8) is 0 Å². The molecule has 0 aliphatic carbocycles. The highest BCUT2D eigenvalue weighted by Crippen LogP contribution is 2.22. The second-order valence-corrected chi connectivity index (χ2v) is 5.85. The number of ether oxygens (including phenoxy) is 1. The average Bonchev–Trinajstić information content (AvgIpc) is 3.00. The highest BCUT2D eigenvalue weighted by Gasteiger charge is 2.25. The maximum atomic E-state index is 13.5. The minimum absolute atomic E-state index is 0.207. The lowest BCUT2D eigenvalue weighted by molar-refractivity contribution is 0.0614. The molecule has 0 bridgehead atoms. The number of aromatic nitrogens is 1. The zero-order chi connectivity index (χ0) is 17.1. The number of nitrogens with zero attached hydrogens (tertiary/aromatic N) is 3. The largest absolute Gasteiger partial charge is 0.496 e. The predicted octanol–water partition coefficient (Wildman–Crippen LogP) is 2.09. The third kappa shape index (κ3) is 3.56. The number of aryl methyl sites for hydroxylation is 1. The van der Waals surface area contributed by atoms with E-state index in [1.165, 1.54) is 25.3 Å². The van der Waals surface area contributed by atoms with Gasteiger partial charge in [0.2, 0.25) is 0 Å². The van der Waals surface area contributed by atoms with E-state index in [1.807, 2.05) is 13.0 Å².